The van der Waals surface area contributed by atoms with Gasteiger partial charge in [0.25, 0.3) is 0 Å². The maximum absolute atomic E-state index is 12.2. The van der Waals surface area contributed by atoms with Crippen molar-refractivity contribution in [1.82, 2.24) is 29.8 Å². The Morgan fingerprint density at radius 3 is 2.71 bits per heavy atom. The first-order valence-corrected chi connectivity index (χ1v) is 12.1. The zero-order valence-corrected chi connectivity index (χ0v) is 20.1. The molecule has 4 atom stereocenters. The summed E-state index contributed by atoms with van der Waals surface area (Å²) in [7, 11) is 1.49. The van der Waals surface area contributed by atoms with Gasteiger partial charge in [0, 0.05) is 31.5 Å². The number of nitrogens with one attached hydrogen (secondary N) is 2. The summed E-state index contributed by atoms with van der Waals surface area (Å²) in [6.07, 6.45) is 2.23. The predicted octanol–water partition coefficient (Wildman–Crippen LogP) is 2.24. The molecule has 35 heavy (non-hydrogen) atoms. The number of thioether (sulfide) groups is 1. The smallest absolute Gasteiger partial charge is 0.235 e. The highest BCUT2D eigenvalue weighted by Crippen LogP contribution is 2.43. The number of benzene rings is 1. The molecule has 4 N–H and O–H groups in total. The van der Waals surface area contributed by atoms with Crippen LogP contribution in [0.15, 0.2) is 55.1 Å². The highest BCUT2D eigenvalue weighted by molar-refractivity contribution is 8.01. The zero-order valence-electron chi connectivity index (χ0n) is 18.5. The number of imidazole rings is 1. The zero-order chi connectivity index (χ0) is 24.5. The molecule has 1 aliphatic heterocycles. The molecule has 0 saturated carbocycles. The standard InChI is InChI=1S/C23H22ClN7O3S/c1-25-22(34)18-16(32)17(33)23(35-18)31-11-28-15-20(27-8-12-5-3-2-4-6-12)29-19(30-21(15)31)13-7-14(24)10-26-9-13/h2-7,9-11,16-18,23,32-33H,8H2,1H3,(H,25,34)(H,27,29,30)/t16-,17+,18-,23+/m0/s1. The third-order valence-corrected chi connectivity index (χ3v) is 7.48. The van der Waals surface area contributed by atoms with Crippen LogP contribution < -0.4 is 10.6 Å². The normalized spacial score (nSPS) is 21.8. The molecule has 10 nitrogen and oxygen atoms in total. The minimum Gasteiger partial charge on any atom is -0.389 e. The molecule has 1 amide bonds. The molecule has 4 aromatic rings. The van der Waals surface area contributed by atoms with Crippen LogP contribution in [0, 0.1) is 0 Å². The van der Waals surface area contributed by atoms with Gasteiger partial charge in [0.05, 0.1) is 11.3 Å². The van der Waals surface area contributed by atoms with E-state index in [9.17, 15) is 15.0 Å². The van der Waals surface area contributed by atoms with E-state index < -0.39 is 22.8 Å². The van der Waals surface area contributed by atoms with Gasteiger partial charge in [-0.1, -0.05) is 41.9 Å². The van der Waals surface area contributed by atoms with E-state index in [1.807, 2.05) is 30.3 Å². The van der Waals surface area contributed by atoms with E-state index in [1.165, 1.54) is 19.6 Å². The number of halogens is 1. The quantitative estimate of drug-likeness (QED) is 0.307. The number of rotatable bonds is 6. The van der Waals surface area contributed by atoms with Crippen molar-refractivity contribution in [3.63, 3.8) is 0 Å². The second-order valence-corrected chi connectivity index (χ2v) is 9.69. The molecule has 3 aromatic heterocycles. The van der Waals surface area contributed by atoms with Crippen molar-refractivity contribution in [2.45, 2.75) is 29.4 Å². The number of nitrogens with zero attached hydrogens (tertiary/aromatic N) is 5. The average molecular weight is 512 g/mol. The number of aliphatic hydroxyl groups excluding tert-OH is 2. The Hall–Kier alpha value is -3.25. The third kappa shape index (κ3) is 4.55. The molecule has 1 aliphatic rings. The van der Waals surface area contributed by atoms with Crippen LogP contribution in [0.2, 0.25) is 5.02 Å². The number of amides is 1. The van der Waals surface area contributed by atoms with E-state index in [4.69, 9.17) is 16.6 Å². The van der Waals surface area contributed by atoms with E-state index >= 15 is 0 Å². The fourth-order valence-electron chi connectivity index (χ4n) is 3.92. The van der Waals surface area contributed by atoms with Crippen molar-refractivity contribution in [3.05, 3.63) is 65.7 Å². The summed E-state index contributed by atoms with van der Waals surface area (Å²) in [4.78, 5) is 30.2. The van der Waals surface area contributed by atoms with Crippen molar-refractivity contribution < 1.29 is 15.0 Å². The van der Waals surface area contributed by atoms with E-state index in [-0.39, 0.29) is 5.91 Å². The Labute approximate surface area is 209 Å². The van der Waals surface area contributed by atoms with Gasteiger partial charge in [0.1, 0.15) is 22.8 Å². The topological polar surface area (TPSA) is 138 Å². The summed E-state index contributed by atoms with van der Waals surface area (Å²) in [5.41, 5.74) is 2.60. The second-order valence-electron chi connectivity index (χ2n) is 7.99. The van der Waals surface area contributed by atoms with Gasteiger partial charge < -0.3 is 20.8 Å². The molecule has 5 rings (SSSR count). The van der Waals surface area contributed by atoms with Crippen LogP contribution >= 0.6 is 23.4 Å². The van der Waals surface area contributed by atoms with Crippen LogP contribution in [-0.4, -0.2) is 65.1 Å². The molecular weight excluding hydrogens is 490 g/mol. The van der Waals surface area contributed by atoms with Gasteiger partial charge in [-0.05, 0) is 11.6 Å². The Morgan fingerprint density at radius 2 is 1.97 bits per heavy atom. The fraction of sp³-hybridized carbons (Fsp3) is 0.261. The molecular formula is C23H22ClN7O3S. The highest BCUT2D eigenvalue weighted by Gasteiger charge is 2.47. The van der Waals surface area contributed by atoms with Gasteiger partial charge >= 0.3 is 0 Å². The van der Waals surface area contributed by atoms with E-state index in [1.54, 1.807) is 16.8 Å². The van der Waals surface area contributed by atoms with Crippen molar-refractivity contribution in [3.8, 4) is 11.4 Å². The summed E-state index contributed by atoms with van der Waals surface area (Å²) in [6.45, 7) is 0.505. The molecule has 1 aromatic carbocycles. The number of aromatic nitrogens is 5. The Morgan fingerprint density at radius 1 is 1.17 bits per heavy atom. The predicted molar refractivity (Wildman–Crippen MR) is 134 cm³/mol. The van der Waals surface area contributed by atoms with Crippen LogP contribution in [0.3, 0.4) is 0 Å². The number of anilines is 1. The number of pyridine rings is 1. The number of carbonyl (C=O) groups excluding carboxylic acids is 1. The monoisotopic (exact) mass is 511 g/mol. The van der Waals surface area contributed by atoms with Crippen LogP contribution in [0.5, 0.6) is 0 Å². The molecule has 0 radical (unpaired) electrons. The maximum atomic E-state index is 12.2. The summed E-state index contributed by atoms with van der Waals surface area (Å²) in [5, 5.41) is 26.0. The molecule has 12 heteroatoms. The van der Waals surface area contributed by atoms with Crippen LogP contribution in [-0.2, 0) is 11.3 Å². The van der Waals surface area contributed by atoms with Crippen molar-refractivity contribution >= 4 is 46.3 Å². The lowest BCUT2D eigenvalue weighted by Gasteiger charge is -2.17. The molecule has 180 valence electrons. The first kappa shape index (κ1) is 23.5. The third-order valence-electron chi connectivity index (χ3n) is 5.70. The number of hydrogen-bond acceptors (Lipinski definition) is 9. The van der Waals surface area contributed by atoms with Crippen LogP contribution in [0.25, 0.3) is 22.6 Å². The molecule has 1 fully saturated rings. The molecule has 0 aliphatic carbocycles. The fourth-order valence-corrected chi connectivity index (χ4v) is 5.56. The largest absolute Gasteiger partial charge is 0.389 e. The minimum atomic E-state index is -1.24. The summed E-state index contributed by atoms with van der Waals surface area (Å²) < 4.78 is 1.66. The summed E-state index contributed by atoms with van der Waals surface area (Å²) >= 11 is 7.30. The van der Waals surface area contributed by atoms with Gasteiger partial charge in [0.15, 0.2) is 22.8 Å². The number of fused-ring (bicyclic) bond motifs is 1. The number of aliphatic hydroxyl groups is 2. The highest BCUT2D eigenvalue weighted by atomic mass is 35.5. The molecule has 0 bridgehead atoms. The lowest BCUT2D eigenvalue weighted by molar-refractivity contribution is -0.122. The van der Waals surface area contributed by atoms with Gasteiger partial charge in [-0.15, -0.1) is 11.8 Å². The van der Waals surface area contributed by atoms with Gasteiger partial charge in [0.2, 0.25) is 5.91 Å². The van der Waals surface area contributed by atoms with Crippen LogP contribution in [0.1, 0.15) is 10.9 Å². The average Bonchev–Trinajstić information content (AvgIpc) is 3.43. The maximum Gasteiger partial charge on any atom is 0.235 e. The van der Waals surface area contributed by atoms with Crippen molar-refractivity contribution in [1.29, 1.82) is 0 Å². The second kappa shape index (κ2) is 9.78. The Bertz CT molecular complexity index is 1370. The Balaban J connectivity index is 1.58. The van der Waals surface area contributed by atoms with E-state index in [0.717, 1.165) is 17.3 Å². The van der Waals surface area contributed by atoms with Gasteiger partial charge in [-0.3, -0.25) is 14.3 Å². The first-order chi connectivity index (χ1) is 17.0. The van der Waals surface area contributed by atoms with Gasteiger partial charge in [-0.25, -0.2) is 15.0 Å². The first-order valence-electron chi connectivity index (χ1n) is 10.8. The summed E-state index contributed by atoms with van der Waals surface area (Å²) in [6, 6.07) is 11.6. The molecule has 0 spiro atoms. The number of hydrogen-bond donors (Lipinski definition) is 4. The lowest BCUT2D eigenvalue weighted by atomic mass is 10.1. The van der Waals surface area contributed by atoms with Crippen LogP contribution in [0.4, 0.5) is 5.82 Å². The molecule has 4 heterocycles. The van der Waals surface area contributed by atoms with Gasteiger partial charge in [-0.2, -0.15) is 0 Å². The lowest BCUT2D eigenvalue weighted by Crippen LogP contribution is -2.39. The van der Waals surface area contributed by atoms with Crippen molar-refractivity contribution in [2.75, 3.05) is 12.4 Å². The van der Waals surface area contributed by atoms with Crippen molar-refractivity contribution in [2.24, 2.45) is 0 Å². The number of carbonyl (C=O) groups is 1. The van der Waals surface area contributed by atoms with E-state index in [0.29, 0.717) is 39.9 Å². The van der Waals surface area contributed by atoms with E-state index in [2.05, 4.69) is 25.6 Å². The molecule has 1 saturated heterocycles. The minimum absolute atomic E-state index is 0.362. The summed E-state index contributed by atoms with van der Waals surface area (Å²) in [5.74, 6) is 0.498. The molecule has 0 unspecified atom stereocenters. The SMILES string of the molecule is CNC(=O)[C@H]1S[C@@H](n2cnc3c(NCc4ccccc4)nc(-c4cncc(Cl)c4)nc32)[C@H](O)[C@@H]1O. The Kier molecular flexibility index (Phi) is 6.56.